The van der Waals surface area contributed by atoms with Crippen LogP contribution in [0.15, 0.2) is 30.5 Å². The lowest BCUT2D eigenvalue weighted by Crippen LogP contribution is -2.32. The van der Waals surface area contributed by atoms with Crippen molar-refractivity contribution in [3.05, 3.63) is 45.9 Å². The fraction of sp³-hybridized carbons (Fsp3) is 0.444. The highest BCUT2D eigenvalue weighted by Gasteiger charge is 2.26. The van der Waals surface area contributed by atoms with Crippen LogP contribution in [0.2, 0.25) is 0 Å². The standard InChI is InChI=1S/C18H24N2O3S/c1-18(2,3)17-19-10-15(24-17)16(22)20(4)14(11-21)12-6-8-13(23-5)9-7-12/h6-10,14,21H,11H2,1-5H3. The highest BCUT2D eigenvalue weighted by atomic mass is 32.1. The first-order valence-corrected chi connectivity index (χ1v) is 8.58. The third kappa shape index (κ3) is 3.94. The molecule has 24 heavy (non-hydrogen) atoms. The Bertz CT molecular complexity index is 689. The van der Waals surface area contributed by atoms with Crippen LogP contribution in [0.5, 0.6) is 5.75 Å². The van der Waals surface area contributed by atoms with E-state index >= 15 is 0 Å². The van der Waals surface area contributed by atoms with E-state index in [9.17, 15) is 9.90 Å². The molecule has 2 aromatic rings. The Balaban J connectivity index is 2.22. The Kier molecular flexibility index (Phi) is 5.62. The molecular weight excluding hydrogens is 324 g/mol. The zero-order valence-corrected chi connectivity index (χ0v) is 15.6. The first-order chi connectivity index (χ1) is 11.3. The molecule has 0 radical (unpaired) electrons. The predicted octanol–water partition coefficient (Wildman–Crippen LogP) is 3.25. The number of likely N-dealkylation sites (N-methyl/N-ethyl adjacent to an activating group) is 1. The maximum Gasteiger partial charge on any atom is 0.265 e. The van der Waals surface area contributed by atoms with Gasteiger partial charge in [-0.1, -0.05) is 32.9 Å². The predicted molar refractivity (Wildman–Crippen MR) is 95.7 cm³/mol. The van der Waals surface area contributed by atoms with Gasteiger partial charge in [-0.2, -0.15) is 0 Å². The summed E-state index contributed by atoms with van der Waals surface area (Å²) >= 11 is 1.40. The van der Waals surface area contributed by atoms with E-state index in [1.54, 1.807) is 25.3 Å². The summed E-state index contributed by atoms with van der Waals surface area (Å²) in [5.74, 6) is 0.597. The van der Waals surface area contributed by atoms with Gasteiger partial charge < -0.3 is 14.7 Å². The van der Waals surface area contributed by atoms with Crippen LogP contribution >= 0.6 is 11.3 Å². The molecule has 0 saturated heterocycles. The first-order valence-electron chi connectivity index (χ1n) is 7.76. The molecular formula is C18H24N2O3S. The van der Waals surface area contributed by atoms with Crippen molar-refractivity contribution in [3.8, 4) is 5.75 Å². The molecule has 0 aliphatic rings. The molecule has 2 rings (SSSR count). The van der Waals surface area contributed by atoms with Crippen molar-refractivity contribution in [3.63, 3.8) is 0 Å². The van der Waals surface area contributed by atoms with E-state index in [1.807, 2.05) is 24.3 Å². The quantitative estimate of drug-likeness (QED) is 0.901. The summed E-state index contributed by atoms with van der Waals surface area (Å²) in [6.07, 6.45) is 1.62. The molecule has 0 fully saturated rings. The number of aromatic nitrogens is 1. The Labute approximate surface area is 146 Å². The minimum atomic E-state index is -0.413. The van der Waals surface area contributed by atoms with Gasteiger partial charge in [0.2, 0.25) is 0 Å². The number of thiazole rings is 1. The van der Waals surface area contributed by atoms with Gasteiger partial charge in [-0.25, -0.2) is 4.98 Å². The number of aliphatic hydroxyl groups is 1. The second kappa shape index (κ2) is 7.32. The Morgan fingerprint density at radius 3 is 2.42 bits per heavy atom. The number of carbonyl (C=O) groups excluding carboxylic acids is 1. The van der Waals surface area contributed by atoms with Crippen molar-refractivity contribution >= 4 is 17.2 Å². The molecule has 1 N–H and O–H groups in total. The largest absolute Gasteiger partial charge is 0.497 e. The zero-order chi connectivity index (χ0) is 17.9. The summed E-state index contributed by atoms with van der Waals surface area (Å²) in [6.45, 7) is 6.05. The maximum absolute atomic E-state index is 12.7. The summed E-state index contributed by atoms with van der Waals surface area (Å²) in [6, 6.07) is 6.94. The summed E-state index contributed by atoms with van der Waals surface area (Å²) in [4.78, 5) is 19.2. The number of ether oxygens (including phenoxy) is 1. The molecule has 6 heteroatoms. The van der Waals surface area contributed by atoms with Gasteiger partial charge in [0.15, 0.2) is 0 Å². The van der Waals surface area contributed by atoms with Gasteiger partial charge in [0.25, 0.3) is 5.91 Å². The van der Waals surface area contributed by atoms with E-state index in [0.29, 0.717) is 4.88 Å². The molecule has 0 aliphatic carbocycles. The molecule has 5 nitrogen and oxygen atoms in total. The molecule has 0 aliphatic heterocycles. The Morgan fingerprint density at radius 1 is 1.33 bits per heavy atom. The molecule has 0 spiro atoms. The van der Waals surface area contributed by atoms with Crippen molar-refractivity contribution in [2.24, 2.45) is 0 Å². The zero-order valence-electron chi connectivity index (χ0n) is 14.7. The van der Waals surface area contributed by atoms with E-state index in [1.165, 1.54) is 11.3 Å². The summed E-state index contributed by atoms with van der Waals surface area (Å²) in [5.41, 5.74) is 0.767. The van der Waals surface area contributed by atoms with E-state index in [4.69, 9.17) is 4.74 Å². The van der Waals surface area contributed by atoms with E-state index in [2.05, 4.69) is 25.8 Å². The fourth-order valence-electron chi connectivity index (χ4n) is 2.31. The van der Waals surface area contributed by atoms with Gasteiger partial charge in [-0.15, -0.1) is 11.3 Å². The summed E-state index contributed by atoms with van der Waals surface area (Å²) in [7, 11) is 3.30. The van der Waals surface area contributed by atoms with Gasteiger partial charge >= 0.3 is 0 Å². The lowest BCUT2D eigenvalue weighted by molar-refractivity contribution is 0.0663. The number of amides is 1. The van der Waals surface area contributed by atoms with E-state index in [-0.39, 0.29) is 17.9 Å². The van der Waals surface area contributed by atoms with Crippen LogP contribution in [0.3, 0.4) is 0 Å². The number of nitrogens with zero attached hydrogens (tertiary/aromatic N) is 2. The second-order valence-corrected chi connectivity index (χ2v) is 7.70. The molecule has 1 aromatic heterocycles. The van der Waals surface area contributed by atoms with Crippen LogP contribution in [0.4, 0.5) is 0 Å². The molecule has 0 bridgehead atoms. The summed E-state index contributed by atoms with van der Waals surface area (Å²) < 4.78 is 5.14. The lowest BCUT2D eigenvalue weighted by Gasteiger charge is -2.26. The topological polar surface area (TPSA) is 62.7 Å². The third-order valence-electron chi connectivity index (χ3n) is 3.82. The molecule has 1 amide bonds. The van der Waals surface area contributed by atoms with Crippen molar-refractivity contribution in [2.75, 3.05) is 20.8 Å². The van der Waals surface area contributed by atoms with Gasteiger partial charge in [0.1, 0.15) is 10.6 Å². The highest BCUT2D eigenvalue weighted by molar-refractivity contribution is 7.13. The average Bonchev–Trinajstić information content (AvgIpc) is 3.05. The number of carbonyl (C=O) groups is 1. The minimum absolute atomic E-state index is 0.0892. The molecule has 1 atom stereocenters. The third-order valence-corrected chi connectivity index (χ3v) is 5.23. The molecule has 1 unspecified atom stereocenters. The minimum Gasteiger partial charge on any atom is -0.497 e. The summed E-state index contributed by atoms with van der Waals surface area (Å²) in [5, 5.41) is 10.7. The fourth-order valence-corrected chi connectivity index (χ4v) is 3.27. The van der Waals surface area contributed by atoms with Crippen LogP contribution in [-0.4, -0.2) is 41.7 Å². The van der Waals surface area contributed by atoms with Crippen LogP contribution in [-0.2, 0) is 5.41 Å². The van der Waals surface area contributed by atoms with Crippen molar-refractivity contribution in [1.29, 1.82) is 0 Å². The van der Waals surface area contributed by atoms with Gasteiger partial charge in [0.05, 0.1) is 31.0 Å². The smallest absolute Gasteiger partial charge is 0.265 e. The maximum atomic E-state index is 12.7. The average molecular weight is 348 g/mol. The van der Waals surface area contributed by atoms with Crippen LogP contribution in [0.1, 0.15) is 47.1 Å². The lowest BCUT2D eigenvalue weighted by atomic mass is 9.98. The molecule has 0 saturated carbocycles. The molecule has 130 valence electrons. The van der Waals surface area contributed by atoms with Gasteiger partial charge in [-0.3, -0.25) is 4.79 Å². The molecule has 1 aromatic carbocycles. The van der Waals surface area contributed by atoms with Crippen molar-refractivity contribution in [1.82, 2.24) is 9.88 Å². The first kappa shape index (κ1) is 18.4. The van der Waals surface area contributed by atoms with Crippen LogP contribution in [0.25, 0.3) is 0 Å². The molecule has 1 heterocycles. The number of rotatable bonds is 5. The Hall–Kier alpha value is -1.92. The number of hydrogen-bond acceptors (Lipinski definition) is 5. The number of benzene rings is 1. The van der Waals surface area contributed by atoms with Crippen LogP contribution in [0, 0.1) is 0 Å². The second-order valence-electron chi connectivity index (χ2n) is 6.67. The monoisotopic (exact) mass is 348 g/mol. The highest BCUT2D eigenvalue weighted by Crippen LogP contribution is 2.29. The number of hydrogen-bond donors (Lipinski definition) is 1. The normalized spacial score (nSPS) is 12.8. The van der Waals surface area contributed by atoms with E-state index < -0.39 is 6.04 Å². The number of methoxy groups -OCH3 is 1. The van der Waals surface area contributed by atoms with Crippen molar-refractivity contribution in [2.45, 2.75) is 32.2 Å². The number of aliphatic hydroxyl groups excluding tert-OH is 1. The van der Waals surface area contributed by atoms with Gasteiger partial charge in [-0.05, 0) is 17.7 Å². The Morgan fingerprint density at radius 2 is 1.96 bits per heavy atom. The SMILES string of the molecule is COc1ccc(C(CO)N(C)C(=O)c2cnc(C(C)(C)C)s2)cc1. The van der Waals surface area contributed by atoms with Crippen LogP contribution < -0.4 is 4.74 Å². The van der Waals surface area contributed by atoms with E-state index in [0.717, 1.165) is 16.3 Å². The van der Waals surface area contributed by atoms with Crippen molar-refractivity contribution < 1.29 is 14.6 Å². The van der Waals surface area contributed by atoms with Gasteiger partial charge in [0, 0.05) is 12.5 Å².